The van der Waals surface area contributed by atoms with Crippen LogP contribution in [0.1, 0.15) is 43.1 Å². The van der Waals surface area contributed by atoms with Crippen molar-refractivity contribution < 1.29 is 8.42 Å². The van der Waals surface area contributed by atoms with Crippen molar-refractivity contribution in [2.24, 2.45) is 0 Å². The summed E-state index contributed by atoms with van der Waals surface area (Å²) in [5, 5.41) is 0. The topological polar surface area (TPSA) is 76.9 Å². The molecule has 1 saturated carbocycles. The molecule has 2 heterocycles. The third-order valence-corrected chi connectivity index (χ3v) is 6.33. The lowest BCUT2D eigenvalue weighted by atomic mass is 10.2. The minimum atomic E-state index is -3.58. The van der Waals surface area contributed by atoms with E-state index in [1.54, 1.807) is 24.4 Å². The molecule has 0 amide bonds. The lowest BCUT2D eigenvalue weighted by molar-refractivity contribution is 0.502. The molecule has 0 unspecified atom stereocenters. The van der Waals surface area contributed by atoms with E-state index in [-0.39, 0.29) is 11.4 Å². The highest BCUT2D eigenvalue weighted by Gasteiger charge is 2.24. The number of nitrogens with one attached hydrogen (secondary N) is 1. The molecule has 1 N–H and O–H groups in total. The van der Waals surface area contributed by atoms with E-state index in [9.17, 15) is 8.42 Å². The highest BCUT2D eigenvalue weighted by Crippen LogP contribution is 2.33. The number of rotatable bonds is 5. The average Bonchev–Trinajstić information content (AvgIpc) is 3.27. The number of nitrogens with zero attached hydrogens (tertiary/aromatic N) is 3. The van der Waals surface area contributed by atoms with Gasteiger partial charge in [0.25, 0.3) is 0 Å². The minimum Gasteiger partial charge on any atom is -0.308 e. The second-order valence-corrected chi connectivity index (χ2v) is 8.59. The quantitative estimate of drug-likeness (QED) is 0.747. The summed E-state index contributed by atoms with van der Waals surface area (Å²) in [5.74, 6) is 0.724. The molecular formula is C19H22N4O2S. The maximum Gasteiger partial charge on any atom is 0.240 e. The van der Waals surface area contributed by atoms with Gasteiger partial charge in [-0.25, -0.2) is 23.1 Å². The summed E-state index contributed by atoms with van der Waals surface area (Å²) in [7, 11) is -3.58. The number of hydrogen-bond donors (Lipinski definition) is 1. The van der Waals surface area contributed by atoms with Gasteiger partial charge in [0.05, 0.1) is 11.4 Å². The Morgan fingerprint density at radius 1 is 1.19 bits per heavy atom. The van der Waals surface area contributed by atoms with Gasteiger partial charge in [-0.2, -0.15) is 0 Å². The fourth-order valence-electron chi connectivity index (χ4n) is 3.67. The van der Waals surface area contributed by atoms with Crippen LogP contribution in [-0.2, 0) is 16.6 Å². The zero-order chi connectivity index (χ0) is 18.1. The number of fused-ring (bicyclic) bond motifs is 1. The predicted octanol–water partition coefficient (Wildman–Crippen LogP) is 3.33. The summed E-state index contributed by atoms with van der Waals surface area (Å²) >= 11 is 0. The molecule has 1 aromatic carbocycles. The van der Waals surface area contributed by atoms with Gasteiger partial charge in [-0.05, 0) is 49.6 Å². The Morgan fingerprint density at radius 2 is 2.00 bits per heavy atom. The molecule has 0 bridgehead atoms. The van der Waals surface area contributed by atoms with Gasteiger partial charge >= 0.3 is 0 Å². The number of benzene rings is 1. The smallest absolute Gasteiger partial charge is 0.240 e. The van der Waals surface area contributed by atoms with Crippen LogP contribution in [0.4, 0.5) is 0 Å². The monoisotopic (exact) mass is 370 g/mol. The van der Waals surface area contributed by atoms with Gasteiger partial charge in [-0.1, -0.05) is 25.0 Å². The number of aryl methyl sites for hydroxylation is 1. The molecule has 0 saturated heterocycles. The second kappa shape index (κ2) is 6.81. The Morgan fingerprint density at radius 3 is 2.77 bits per heavy atom. The molecule has 0 spiro atoms. The van der Waals surface area contributed by atoms with Gasteiger partial charge in [0.2, 0.25) is 10.0 Å². The number of hydrogen-bond acceptors (Lipinski definition) is 4. The SMILES string of the molecule is Cc1cccc(S(=O)(=O)NCc2nc3cccnc3n2C2CCCC2)c1. The van der Waals surface area contributed by atoms with Crippen molar-refractivity contribution in [2.75, 3.05) is 0 Å². The van der Waals surface area contributed by atoms with Crippen molar-refractivity contribution in [3.05, 3.63) is 54.0 Å². The molecule has 26 heavy (non-hydrogen) atoms. The summed E-state index contributed by atoms with van der Waals surface area (Å²) in [4.78, 5) is 9.41. The normalized spacial score (nSPS) is 15.7. The summed E-state index contributed by atoms with van der Waals surface area (Å²) in [6.07, 6.45) is 6.30. The zero-order valence-electron chi connectivity index (χ0n) is 14.7. The molecule has 1 fully saturated rings. The van der Waals surface area contributed by atoms with E-state index in [1.165, 1.54) is 12.8 Å². The summed E-state index contributed by atoms with van der Waals surface area (Å²) in [6, 6.07) is 11.0. The second-order valence-electron chi connectivity index (χ2n) is 6.82. The molecule has 6 nitrogen and oxygen atoms in total. The minimum absolute atomic E-state index is 0.156. The number of aromatic nitrogens is 3. The predicted molar refractivity (Wildman–Crippen MR) is 100 cm³/mol. The van der Waals surface area contributed by atoms with Crippen LogP contribution >= 0.6 is 0 Å². The van der Waals surface area contributed by atoms with Gasteiger partial charge in [0, 0.05) is 12.2 Å². The van der Waals surface area contributed by atoms with Crippen LogP contribution in [-0.4, -0.2) is 23.0 Å². The fraction of sp³-hybridized carbons (Fsp3) is 0.368. The highest BCUT2D eigenvalue weighted by molar-refractivity contribution is 7.89. The molecule has 1 aliphatic carbocycles. The Labute approximate surface area is 153 Å². The van der Waals surface area contributed by atoms with Crippen LogP contribution in [0.5, 0.6) is 0 Å². The molecule has 3 aromatic rings. The lowest BCUT2D eigenvalue weighted by Crippen LogP contribution is -2.25. The van der Waals surface area contributed by atoms with Crippen molar-refractivity contribution >= 4 is 21.2 Å². The van der Waals surface area contributed by atoms with E-state index in [0.29, 0.717) is 6.04 Å². The zero-order valence-corrected chi connectivity index (χ0v) is 15.5. The first-order chi connectivity index (χ1) is 12.5. The van der Waals surface area contributed by atoms with E-state index in [1.807, 2.05) is 25.1 Å². The molecule has 0 aliphatic heterocycles. The molecular weight excluding hydrogens is 348 g/mol. The fourth-order valence-corrected chi connectivity index (χ4v) is 4.76. The third kappa shape index (κ3) is 3.24. The Hall–Kier alpha value is -2.25. The van der Waals surface area contributed by atoms with Gasteiger partial charge in [-0.3, -0.25) is 0 Å². The van der Waals surface area contributed by atoms with E-state index < -0.39 is 10.0 Å². The van der Waals surface area contributed by atoms with Crippen LogP contribution < -0.4 is 4.72 Å². The van der Waals surface area contributed by atoms with E-state index in [0.717, 1.165) is 35.4 Å². The van der Waals surface area contributed by atoms with Crippen LogP contribution in [0.15, 0.2) is 47.5 Å². The largest absolute Gasteiger partial charge is 0.308 e. The molecule has 7 heteroatoms. The summed E-state index contributed by atoms with van der Waals surface area (Å²) in [5.41, 5.74) is 2.56. The van der Waals surface area contributed by atoms with Crippen molar-refractivity contribution in [1.29, 1.82) is 0 Å². The van der Waals surface area contributed by atoms with Gasteiger partial charge in [0.15, 0.2) is 5.65 Å². The number of sulfonamides is 1. The number of pyridine rings is 1. The average molecular weight is 370 g/mol. The summed E-state index contributed by atoms with van der Waals surface area (Å²) in [6.45, 7) is 2.04. The van der Waals surface area contributed by atoms with Crippen LogP contribution in [0.3, 0.4) is 0 Å². The molecule has 0 radical (unpaired) electrons. The van der Waals surface area contributed by atoms with Gasteiger partial charge in [-0.15, -0.1) is 0 Å². The Kier molecular flexibility index (Phi) is 4.50. The van der Waals surface area contributed by atoms with Crippen LogP contribution in [0.2, 0.25) is 0 Å². The van der Waals surface area contributed by atoms with Crippen LogP contribution in [0, 0.1) is 6.92 Å². The number of imidazole rings is 1. The lowest BCUT2D eigenvalue weighted by Gasteiger charge is -2.16. The molecule has 2 aromatic heterocycles. The maximum absolute atomic E-state index is 12.6. The molecule has 4 rings (SSSR count). The van der Waals surface area contributed by atoms with Crippen molar-refractivity contribution in [3.63, 3.8) is 0 Å². The van der Waals surface area contributed by atoms with Gasteiger partial charge < -0.3 is 4.57 Å². The Bertz CT molecular complexity index is 1040. The summed E-state index contributed by atoms with van der Waals surface area (Å²) < 4.78 is 30.1. The van der Waals surface area contributed by atoms with Crippen LogP contribution in [0.25, 0.3) is 11.2 Å². The van der Waals surface area contributed by atoms with E-state index in [2.05, 4.69) is 19.3 Å². The standard InChI is InChI=1S/C19H22N4O2S/c1-14-6-4-9-16(12-14)26(24,25)21-13-18-22-17-10-5-11-20-19(17)23(18)15-7-2-3-8-15/h4-6,9-12,15,21H,2-3,7-8,13H2,1H3. The third-order valence-electron chi connectivity index (χ3n) is 4.93. The highest BCUT2D eigenvalue weighted by atomic mass is 32.2. The maximum atomic E-state index is 12.6. The van der Waals surface area contributed by atoms with Crippen molar-refractivity contribution in [2.45, 2.75) is 50.1 Å². The first-order valence-electron chi connectivity index (χ1n) is 8.93. The van der Waals surface area contributed by atoms with Gasteiger partial charge in [0.1, 0.15) is 11.3 Å². The van der Waals surface area contributed by atoms with Crippen molar-refractivity contribution in [3.8, 4) is 0 Å². The Balaban J connectivity index is 1.66. The first-order valence-corrected chi connectivity index (χ1v) is 10.4. The van der Waals surface area contributed by atoms with E-state index in [4.69, 9.17) is 0 Å². The molecule has 0 atom stereocenters. The molecule has 136 valence electrons. The van der Waals surface area contributed by atoms with Crippen molar-refractivity contribution in [1.82, 2.24) is 19.3 Å². The van der Waals surface area contributed by atoms with E-state index >= 15 is 0 Å². The molecule has 1 aliphatic rings. The first kappa shape index (κ1) is 17.2.